The van der Waals surface area contributed by atoms with Crippen molar-refractivity contribution < 1.29 is 23.4 Å². The average molecular weight is 395 g/mol. The van der Waals surface area contributed by atoms with Crippen LogP contribution in [0.2, 0.25) is 5.02 Å². The third kappa shape index (κ3) is 4.76. The molecule has 7 nitrogen and oxygen atoms in total. The van der Waals surface area contributed by atoms with Gasteiger partial charge in [0.05, 0.1) is 0 Å². The SMILES string of the molecule is O=C(O)Cn1nnnc1Cc1ccc(OC(F)F)c(-c2cccc(Cl)c2)c1. The summed E-state index contributed by atoms with van der Waals surface area (Å²) in [7, 11) is 0. The number of aromatic nitrogens is 4. The van der Waals surface area contributed by atoms with Crippen LogP contribution in [0.5, 0.6) is 5.75 Å². The number of aliphatic carboxylic acids is 1. The fourth-order valence-electron chi connectivity index (χ4n) is 2.55. The Labute approximate surface area is 157 Å². The molecule has 0 saturated carbocycles. The maximum Gasteiger partial charge on any atom is 0.387 e. The van der Waals surface area contributed by atoms with Crippen LogP contribution in [0.4, 0.5) is 8.78 Å². The fourth-order valence-corrected chi connectivity index (χ4v) is 2.74. The highest BCUT2D eigenvalue weighted by molar-refractivity contribution is 6.30. The maximum absolute atomic E-state index is 12.7. The lowest BCUT2D eigenvalue weighted by atomic mass is 10.0. The molecule has 0 saturated heterocycles. The second-order valence-electron chi connectivity index (χ2n) is 5.54. The quantitative estimate of drug-likeness (QED) is 0.661. The van der Waals surface area contributed by atoms with Crippen molar-refractivity contribution >= 4 is 17.6 Å². The molecular formula is C17H13ClF2N4O3. The number of benzene rings is 2. The molecule has 1 heterocycles. The van der Waals surface area contributed by atoms with E-state index in [1.165, 1.54) is 6.07 Å². The van der Waals surface area contributed by atoms with Crippen molar-refractivity contribution in [2.24, 2.45) is 0 Å². The van der Waals surface area contributed by atoms with Crippen LogP contribution >= 0.6 is 11.6 Å². The van der Waals surface area contributed by atoms with E-state index < -0.39 is 12.6 Å². The van der Waals surface area contributed by atoms with Crippen LogP contribution in [0.15, 0.2) is 42.5 Å². The van der Waals surface area contributed by atoms with Crippen LogP contribution in [0.25, 0.3) is 11.1 Å². The van der Waals surface area contributed by atoms with E-state index in [0.29, 0.717) is 27.5 Å². The van der Waals surface area contributed by atoms with Gasteiger partial charge in [-0.1, -0.05) is 29.8 Å². The molecule has 0 bridgehead atoms. The third-order valence-corrected chi connectivity index (χ3v) is 3.88. The minimum atomic E-state index is -2.98. The minimum absolute atomic E-state index is 0.00106. The summed E-state index contributed by atoms with van der Waals surface area (Å²) in [4.78, 5) is 10.9. The molecule has 0 radical (unpaired) electrons. The molecule has 3 rings (SSSR count). The van der Waals surface area contributed by atoms with Gasteiger partial charge in [-0.3, -0.25) is 4.79 Å². The van der Waals surface area contributed by atoms with Crippen molar-refractivity contribution in [1.29, 1.82) is 0 Å². The van der Waals surface area contributed by atoms with Crippen molar-refractivity contribution in [2.75, 3.05) is 0 Å². The van der Waals surface area contributed by atoms with Gasteiger partial charge >= 0.3 is 12.6 Å². The summed E-state index contributed by atoms with van der Waals surface area (Å²) in [5, 5.41) is 20.3. The van der Waals surface area contributed by atoms with Crippen molar-refractivity contribution in [1.82, 2.24) is 20.2 Å². The number of halogens is 3. The summed E-state index contributed by atoms with van der Waals surface area (Å²) in [6, 6.07) is 11.4. The fraction of sp³-hybridized carbons (Fsp3) is 0.176. The first-order valence-corrected chi connectivity index (χ1v) is 8.10. The van der Waals surface area contributed by atoms with Crippen LogP contribution in [0.3, 0.4) is 0 Å². The summed E-state index contributed by atoms with van der Waals surface area (Å²) < 4.78 is 31.2. The monoisotopic (exact) mass is 394 g/mol. The van der Waals surface area contributed by atoms with Gasteiger partial charge in [-0.2, -0.15) is 8.78 Å². The zero-order valence-corrected chi connectivity index (χ0v) is 14.5. The first-order valence-electron chi connectivity index (χ1n) is 7.73. The van der Waals surface area contributed by atoms with E-state index >= 15 is 0 Å². The molecule has 0 atom stereocenters. The van der Waals surface area contributed by atoms with E-state index in [1.807, 2.05) is 0 Å². The highest BCUT2D eigenvalue weighted by Gasteiger charge is 2.15. The summed E-state index contributed by atoms with van der Waals surface area (Å²) in [5.74, 6) is -0.748. The summed E-state index contributed by atoms with van der Waals surface area (Å²) in [6.45, 7) is -3.35. The molecule has 0 amide bonds. The number of carbonyl (C=O) groups is 1. The van der Waals surface area contributed by atoms with Crippen molar-refractivity contribution in [3.05, 3.63) is 58.9 Å². The van der Waals surface area contributed by atoms with Crippen LogP contribution in [-0.4, -0.2) is 37.9 Å². The summed E-state index contributed by atoms with van der Waals surface area (Å²) >= 11 is 6.00. The van der Waals surface area contributed by atoms with E-state index in [4.69, 9.17) is 16.7 Å². The Kier molecular flexibility index (Phi) is 5.60. The van der Waals surface area contributed by atoms with E-state index in [-0.39, 0.29) is 18.7 Å². The number of hydrogen-bond acceptors (Lipinski definition) is 5. The molecule has 0 aliphatic heterocycles. The molecular weight excluding hydrogens is 382 g/mol. The smallest absolute Gasteiger partial charge is 0.387 e. The topological polar surface area (TPSA) is 90.1 Å². The molecule has 1 aromatic heterocycles. The zero-order valence-electron chi connectivity index (χ0n) is 13.7. The number of nitrogens with zero attached hydrogens (tertiary/aromatic N) is 4. The van der Waals surface area contributed by atoms with Gasteiger partial charge in [0.1, 0.15) is 12.3 Å². The van der Waals surface area contributed by atoms with E-state index in [2.05, 4.69) is 20.3 Å². The van der Waals surface area contributed by atoms with Crippen LogP contribution < -0.4 is 4.74 Å². The Bertz CT molecular complexity index is 965. The van der Waals surface area contributed by atoms with Gasteiger partial charge in [0.2, 0.25) is 0 Å². The first-order chi connectivity index (χ1) is 12.9. The number of alkyl halides is 2. The Balaban J connectivity index is 1.97. The Hall–Kier alpha value is -3.07. The highest BCUT2D eigenvalue weighted by Crippen LogP contribution is 2.33. The zero-order chi connectivity index (χ0) is 19.4. The molecule has 0 fully saturated rings. The van der Waals surface area contributed by atoms with Gasteiger partial charge < -0.3 is 9.84 Å². The molecule has 2 aromatic carbocycles. The molecule has 140 valence electrons. The summed E-state index contributed by atoms with van der Waals surface area (Å²) in [5.41, 5.74) is 1.71. The van der Waals surface area contributed by atoms with Crippen LogP contribution in [0.1, 0.15) is 11.4 Å². The second kappa shape index (κ2) is 8.09. The minimum Gasteiger partial charge on any atom is -0.480 e. The van der Waals surface area contributed by atoms with Gasteiger partial charge in [-0.05, 0) is 45.8 Å². The molecule has 1 N–H and O–H groups in total. The van der Waals surface area contributed by atoms with E-state index in [9.17, 15) is 13.6 Å². The van der Waals surface area contributed by atoms with Gasteiger partial charge in [0, 0.05) is 17.0 Å². The van der Waals surface area contributed by atoms with Gasteiger partial charge in [0.15, 0.2) is 5.82 Å². The molecule has 0 unspecified atom stereocenters. The Morgan fingerprint density at radius 3 is 2.78 bits per heavy atom. The number of rotatable bonds is 7. The second-order valence-corrected chi connectivity index (χ2v) is 5.98. The Morgan fingerprint density at radius 2 is 2.07 bits per heavy atom. The normalized spacial score (nSPS) is 11.0. The number of carboxylic acids is 1. The first kappa shape index (κ1) is 18.7. The lowest BCUT2D eigenvalue weighted by molar-refractivity contribution is -0.138. The van der Waals surface area contributed by atoms with Crippen molar-refractivity contribution in [3.8, 4) is 16.9 Å². The average Bonchev–Trinajstić information content (AvgIpc) is 3.02. The third-order valence-electron chi connectivity index (χ3n) is 3.65. The molecule has 3 aromatic rings. The molecule has 0 aliphatic rings. The standard InChI is InChI=1S/C17H13ClF2N4O3/c18-12-3-1-2-11(8-12)13-6-10(4-5-14(13)27-17(19)20)7-15-21-22-23-24(15)9-16(25)26/h1-6,8,17H,7,9H2,(H,25,26). The van der Waals surface area contributed by atoms with Gasteiger partial charge in [-0.25, -0.2) is 4.68 Å². The van der Waals surface area contributed by atoms with Crippen molar-refractivity contribution in [2.45, 2.75) is 19.6 Å². The van der Waals surface area contributed by atoms with E-state index in [0.717, 1.165) is 4.68 Å². The molecule has 27 heavy (non-hydrogen) atoms. The number of ether oxygens (including phenoxy) is 1. The number of tetrazole rings is 1. The highest BCUT2D eigenvalue weighted by atomic mass is 35.5. The van der Waals surface area contributed by atoms with Gasteiger partial charge in [0.25, 0.3) is 0 Å². The van der Waals surface area contributed by atoms with Crippen LogP contribution in [-0.2, 0) is 17.8 Å². The number of hydrogen-bond donors (Lipinski definition) is 1. The molecule has 0 spiro atoms. The molecule has 10 heteroatoms. The van der Waals surface area contributed by atoms with Crippen LogP contribution in [0, 0.1) is 0 Å². The predicted molar refractivity (Wildman–Crippen MR) is 91.8 cm³/mol. The maximum atomic E-state index is 12.7. The summed E-state index contributed by atoms with van der Waals surface area (Å²) in [6.07, 6.45) is 0.211. The predicted octanol–water partition coefficient (Wildman–Crippen LogP) is 3.27. The molecule has 0 aliphatic carbocycles. The lowest BCUT2D eigenvalue weighted by Crippen LogP contribution is -2.14. The van der Waals surface area contributed by atoms with Gasteiger partial charge in [-0.15, -0.1) is 5.10 Å². The number of carboxylic acid groups (broad SMARTS) is 1. The van der Waals surface area contributed by atoms with E-state index in [1.54, 1.807) is 36.4 Å². The van der Waals surface area contributed by atoms with Crippen molar-refractivity contribution in [3.63, 3.8) is 0 Å². The Morgan fingerprint density at radius 1 is 1.26 bits per heavy atom. The largest absolute Gasteiger partial charge is 0.480 e. The lowest BCUT2D eigenvalue weighted by Gasteiger charge is -2.13.